The number of likely N-dealkylation sites (tertiary alicyclic amines) is 1. The Morgan fingerprint density at radius 2 is 2.11 bits per heavy atom. The van der Waals surface area contributed by atoms with Crippen LogP contribution >= 0.6 is 11.3 Å². The van der Waals surface area contributed by atoms with Crippen molar-refractivity contribution in [2.75, 3.05) is 20.1 Å². The summed E-state index contributed by atoms with van der Waals surface area (Å²) in [5.41, 5.74) is 0.200. The number of hydrogen-bond acceptors (Lipinski definition) is 4. The van der Waals surface area contributed by atoms with Gasteiger partial charge in [-0.25, -0.2) is 4.98 Å². The van der Waals surface area contributed by atoms with Crippen LogP contribution in [-0.4, -0.2) is 41.1 Å². The molecule has 0 amide bonds. The van der Waals surface area contributed by atoms with E-state index in [0.29, 0.717) is 10.9 Å². The van der Waals surface area contributed by atoms with E-state index in [4.69, 9.17) is 0 Å². The summed E-state index contributed by atoms with van der Waals surface area (Å²) < 4.78 is 0. The van der Waals surface area contributed by atoms with E-state index in [-0.39, 0.29) is 0 Å². The van der Waals surface area contributed by atoms with Crippen LogP contribution in [0, 0.1) is 0 Å². The Morgan fingerprint density at radius 1 is 1.50 bits per heavy atom. The maximum Gasteiger partial charge on any atom is 0.316 e. The van der Waals surface area contributed by atoms with E-state index in [1.54, 1.807) is 13.8 Å². The highest BCUT2D eigenvalue weighted by molar-refractivity contribution is 7.10. The molecule has 1 fully saturated rings. The van der Waals surface area contributed by atoms with Gasteiger partial charge in [0.25, 0.3) is 0 Å². The van der Waals surface area contributed by atoms with E-state index in [9.17, 15) is 9.90 Å². The summed E-state index contributed by atoms with van der Waals surface area (Å²) in [4.78, 5) is 18.1. The number of carbonyl (C=O) groups is 1. The number of thiazole rings is 1. The quantitative estimate of drug-likeness (QED) is 0.914. The molecular formula is C13H20N2O2S. The van der Waals surface area contributed by atoms with Crippen molar-refractivity contribution >= 4 is 17.3 Å². The summed E-state index contributed by atoms with van der Waals surface area (Å²) in [5.74, 6) is -0.317. The Bertz CT molecular complexity index is 434. The van der Waals surface area contributed by atoms with Crippen molar-refractivity contribution in [1.29, 1.82) is 0 Å². The molecule has 0 atom stereocenters. The molecule has 0 aliphatic carbocycles. The molecule has 0 saturated carbocycles. The Balaban J connectivity index is 2.13. The number of aliphatic carboxylic acids is 1. The van der Waals surface area contributed by atoms with Crippen LogP contribution < -0.4 is 0 Å². The molecule has 100 valence electrons. The molecule has 0 unspecified atom stereocenters. The van der Waals surface area contributed by atoms with Gasteiger partial charge in [0.05, 0.1) is 5.69 Å². The van der Waals surface area contributed by atoms with Gasteiger partial charge in [-0.3, -0.25) is 4.79 Å². The first kappa shape index (κ1) is 13.5. The zero-order valence-corrected chi connectivity index (χ0v) is 12.0. The Kier molecular flexibility index (Phi) is 3.73. The molecule has 2 rings (SSSR count). The number of rotatable bonds is 3. The van der Waals surface area contributed by atoms with Crippen LogP contribution in [0.4, 0.5) is 0 Å². The van der Waals surface area contributed by atoms with Gasteiger partial charge in [0.15, 0.2) is 0 Å². The molecule has 2 heterocycles. The summed E-state index contributed by atoms with van der Waals surface area (Å²) in [5, 5.41) is 12.0. The van der Waals surface area contributed by atoms with Crippen LogP contribution in [0.1, 0.15) is 43.3 Å². The maximum absolute atomic E-state index is 11.2. The van der Waals surface area contributed by atoms with Gasteiger partial charge in [0.1, 0.15) is 10.4 Å². The lowest BCUT2D eigenvalue weighted by Gasteiger charge is -2.27. The van der Waals surface area contributed by atoms with E-state index in [1.807, 2.05) is 5.38 Å². The minimum absolute atomic E-state index is 0.496. The average molecular weight is 268 g/mol. The number of nitrogens with zero attached hydrogens (tertiary/aromatic N) is 2. The van der Waals surface area contributed by atoms with Crippen molar-refractivity contribution in [3.63, 3.8) is 0 Å². The first-order valence-corrected chi connectivity index (χ1v) is 7.17. The minimum Gasteiger partial charge on any atom is -0.481 e. The second-order valence-electron chi connectivity index (χ2n) is 5.59. The zero-order valence-electron chi connectivity index (χ0n) is 11.1. The monoisotopic (exact) mass is 268 g/mol. The summed E-state index contributed by atoms with van der Waals surface area (Å²) in [7, 11) is 2.14. The highest BCUT2D eigenvalue weighted by Gasteiger charge is 2.33. The Hall–Kier alpha value is -0.940. The van der Waals surface area contributed by atoms with Gasteiger partial charge in [0.2, 0.25) is 0 Å². The molecule has 0 aromatic carbocycles. The lowest BCUT2D eigenvalue weighted by molar-refractivity contribution is -0.142. The lowest BCUT2D eigenvalue weighted by Crippen LogP contribution is -2.30. The fourth-order valence-corrected chi connectivity index (χ4v) is 3.17. The molecule has 1 aromatic heterocycles. The summed E-state index contributed by atoms with van der Waals surface area (Å²) in [6, 6.07) is 0. The summed E-state index contributed by atoms with van der Waals surface area (Å²) in [6.07, 6.45) is 2.24. The van der Waals surface area contributed by atoms with E-state index in [1.165, 1.54) is 11.3 Å². The topological polar surface area (TPSA) is 53.4 Å². The third-order valence-corrected chi connectivity index (χ3v) is 4.91. The number of carboxylic acids is 1. The molecule has 0 spiro atoms. The average Bonchev–Trinajstić information content (AvgIpc) is 2.79. The van der Waals surface area contributed by atoms with E-state index >= 15 is 0 Å². The van der Waals surface area contributed by atoms with Crippen molar-refractivity contribution in [1.82, 2.24) is 9.88 Å². The number of aromatic nitrogens is 1. The number of piperidine rings is 1. The van der Waals surface area contributed by atoms with Crippen LogP contribution in [0.15, 0.2) is 5.38 Å². The predicted octanol–water partition coefficient (Wildman–Crippen LogP) is 2.31. The number of hydrogen-bond donors (Lipinski definition) is 1. The van der Waals surface area contributed by atoms with Gasteiger partial charge in [-0.2, -0.15) is 0 Å². The SMILES string of the molecule is CN1CCC(c2csc(C(C)(C)C(=O)O)n2)CC1. The van der Waals surface area contributed by atoms with Gasteiger partial charge in [-0.05, 0) is 46.8 Å². The standard InChI is InChI=1S/C13H20N2O2S/c1-13(2,12(16)17)11-14-10(8-18-11)9-4-6-15(3)7-5-9/h8-9H,4-7H2,1-3H3,(H,16,17). The van der Waals surface area contributed by atoms with Crippen molar-refractivity contribution < 1.29 is 9.90 Å². The van der Waals surface area contributed by atoms with E-state index in [2.05, 4.69) is 16.9 Å². The molecule has 1 aliphatic rings. The molecule has 0 bridgehead atoms. The fourth-order valence-electron chi connectivity index (χ4n) is 2.16. The van der Waals surface area contributed by atoms with Gasteiger partial charge in [-0.1, -0.05) is 0 Å². The third-order valence-electron chi connectivity index (χ3n) is 3.73. The highest BCUT2D eigenvalue weighted by atomic mass is 32.1. The van der Waals surface area contributed by atoms with Crippen molar-refractivity contribution in [3.05, 3.63) is 16.1 Å². The van der Waals surface area contributed by atoms with E-state index < -0.39 is 11.4 Å². The largest absolute Gasteiger partial charge is 0.481 e. The molecule has 0 radical (unpaired) electrons. The smallest absolute Gasteiger partial charge is 0.316 e. The van der Waals surface area contributed by atoms with Crippen LogP contribution in [0.2, 0.25) is 0 Å². The van der Waals surface area contributed by atoms with Gasteiger partial charge in [-0.15, -0.1) is 11.3 Å². The second kappa shape index (κ2) is 4.97. The molecule has 18 heavy (non-hydrogen) atoms. The van der Waals surface area contributed by atoms with Crippen LogP contribution in [0.25, 0.3) is 0 Å². The molecule has 1 aliphatic heterocycles. The van der Waals surface area contributed by atoms with Crippen molar-refractivity contribution in [3.8, 4) is 0 Å². The zero-order chi connectivity index (χ0) is 13.3. The minimum atomic E-state index is -0.881. The first-order chi connectivity index (χ1) is 8.41. The highest BCUT2D eigenvalue weighted by Crippen LogP contribution is 2.32. The van der Waals surface area contributed by atoms with Crippen molar-refractivity contribution in [2.24, 2.45) is 0 Å². The van der Waals surface area contributed by atoms with Crippen LogP contribution in [0.5, 0.6) is 0 Å². The fraction of sp³-hybridized carbons (Fsp3) is 0.692. The maximum atomic E-state index is 11.2. The molecule has 1 N–H and O–H groups in total. The van der Waals surface area contributed by atoms with E-state index in [0.717, 1.165) is 31.6 Å². The van der Waals surface area contributed by atoms with Gasteiger partial charge >= 0.3 is 5.97 Å². The summed E-state index contributed by atoms with van der Waals surface area (Å²) >= 11 is 1.47. The van der Waals surface area contributed by atoms with Gasteiger partial charge < -0.3 is 10.0 Å². The Labute approximate surface area is 112 Å². The molecule has 1 saturated heterocycles. The van der Waals surface area contributed by atoms with Crippen LogP contribution in [0.3, 0.4) is 0 Å². The molecular weight excluding hydrogens is 248 g/mol. The van der Waals surface area contributed by atoms with Crippen LogP contribution in [-0.2, 0) is 10.2 Å². The molecule has 4 nitrogen and oxygen atoms in total. The second-order valence-corrected chi connectivity index (χ2v) is 6.44. The first-order valence-electron chi connectivity index (χ1n) is 6.29. The van der Waals surface area contributed by atoms with Gasteiger partial charge in [0, 0.05) is 11.3 Å². The summed E-state index contributed by atoms with van der Waals surface area (Å²) in [6.45, 7) is 5.62. The normalized spacial score (nSPS) is 19.1. The molecule has 1 aromatic rings. The lowest BCUT2D eigenvalue weighted by atomic mass is 9.93. The number of carboxylic acid groups (broad SMARTS) is 1. The van der Waals surface area contributed by atoms with Crippen molar-refractivity contribution in [2.45, 2.75) is 38.0 Å². The Morgan fingerprint density at radius 3 is 2.67 bits per heavy atom. The predicted molar refractivity (Wildman–Crippen MR) is 72.2 cm³/mol. The third kappa shape index (κ3) is 2.57. The molecule has 5 heteroatoms.